The van der Waals surface area contributed by atoms with Crippen LogP contribution in [-0.2, 0) is 11.3 Å². The van der Waals surface area contributed by atoms with E-state index in [1.807, 2.05) is 32.0 Å². The Balaban J connectivity index is 2.05. The third kappa shape index (κ3) is 3.19. The molecule has 1 aromatic carbocycles. The Morgan fingerprint density at radius 2 is 2.00 bits per heavy atom. The average Bonchev–Trinajstić information content (AvgIpc) is 2.71. The number of hydrogen-bond donors (Lipinski definition) is 2. The second kappa shape index (κ2) is 5.94. The van der Waals surface area contributed by atoms with E-state index in [-0.39, 0.29) is 5.92 Å². The average molecular weight is 277 g/mol. The third-order valence-corrected chi connectivity index (χ3v) is 4.12. The maximum atomic E-state index is 11.4. The molecule has 0 aliphatic carbocycles. The van der Waals surface area contributed by atoms with Crippen LogP contribution in [0.25, 0.3) is 0 Å². The zero-order valence-electron chi connectivity index (χ0n) is 12.1. The van der Waals surface area contributed by atoms with Crippen molar-refractivity contribution < 1.29 is 15.0 Å². The quantitative estimate of drug-likeness (QED) is 0.864. The highest BCUT2D eigenvalue weighted by molar-refractivity contribution is 5.72. The van der Waals surface area contributed by atoms with Crippen molar-refractivity contribution in [1.82, 2.24) is 4.90 Å². The summed E-state index contributed by atoms with van der Waals surface area (Å²) < 4.78 is 0. The van der Waals surface area contributed by atoms with Crippen LogP contribution in [0.1, 0.15) is 25.8 Å². The van der Waals surface area contributed by atoms with E-state index < -0.39 is 17.5 Å². The molecule has 1 fully saturated rings. The number of rotatable bonds is 5. The largest absolute Gasteiger partial charge is 0.481 e. The molecule has 0 bridgehead atoms. The Hall–Kier alpha value is -1.39. The first-order valence-corrected chi connectivity index (χ1v) is 7.14. The highest BCUT2D eigenvalue weighted by Gasteiger charge is 2.47. The van der Waals surface area contributed by atoms with Gasteiger partial charge in [-0.3, -0.25) is 9.69 Å². The zero-order valence-corrected chi connectivity index (χ0v) is 12.1. The second-order valence-corrected chi connectivity index (χ2v) is 6.11. The monoisotopic (exact) mass is 277 g/mol. The van der Waals surface area contributed by atoms with E-state index in [1.54, 1.807) is 0 Å². The van der Waals surface area contributed by atoms with Crippen LogP contribution in [0, 0.1) is 11.8 Å². The summed E-state index contributed by atoms with van der Waals surface area (Å²) >= 11 is 0. The van der Waals surface area contributed by atoms with Crippen LogP contribution < -0.4 is 0 Å². The third-order valence-electron chi connectivity index (χ3n) is 4.12. The normalized spacial score (nSPS) is 25.0. The van der Waals surface area contributed by atoms with E-state index >= 15 is 0 Å². The predicted octanol–water partition coefficient (Wildman–Crippen LogP) is 1.98. The summed E-state index contributed by atoms with van der Waals surface area (Å²) in [6, 6.07) is 10.1. The molecule has 2 N–H and O–H groups in total. The van der Waals surface area contributed by atoms with Crippen molar-refractivity contribution >= 4 is 5.97 Å². The van der Waals surface area contributed by atoms with Crippen LogP contribution in [0.4, 0.5) is 0 Å². The number of hydrogen-bond acceptors (Lipinski definition) is 3. The molecule has 4 nitrogen and oxygen atoms in total. The van der Waals surface area contributed by atoms with Crippen LogP contribution in [0.5, 0.6) is 0 Å². The van der Waals surface area contributed by atoms with E-state index in [1.165, 1.54) is 5.56 Å². The highest BCUT2D eigenvalue weighted by Crippen LogP contribution is 2.34. The van der Waals surface area contributed by atoms with Gasteiger partial charge in [0.05, 0.1) is 11.5 Å². The predicted molar refractivity (Wildman–Crippen MR) is 77.2 cm³/mol. The van der Waals surface area contributed by atoms with Crippen LogP contribution in [0.3, 0.4) is 0 Å². The van der Waals surface area contributed by atoms with Gasteiger partial charge in [-0.2, -0.15) is 0 Å². The lowest BCUT2D eigenvalue weighted by Gasteiger charge is -2.32. The number of aliphatic hydroxyl groups is 1. The van der Waals surface area contributed by atoms with Gasteiger partial charge in [-0.25, -0.2) is 0 Å². The van der Waals surface area contributed by atoms with Crippen molar-refractivity contribution in [2.75, 3.05) is 13.1 Å². The molecule has 0 saturated carbocycles. The molecular weight excluding hydrogens is 254 g/mol. The topological polar surface area (TPSA) is 60.8 Å². The number of β-amino-alcohol motifs (C(OH)–C–C–N with tert-alkyl or cyclic N) is 1. The molecule has 110 valence electrons. The molecule has 2 unspecified atom stereocenters. The number of benzene rings is 1. The van der Waals surface area contributed by atoms with Crippen LogP contribution in [0.15, 0.2) is 30.3 Å². The van der Waals surface area contributed by atoms with Crippen LogP contribution in [-0.4, -0.2) is 39.8 Å². The Kier molecular flexibility index (Phi) is 4.45. The lowest BCUT2D eigenvalue weighted by molar-refractivity contribution is -0.154. The van der Waals surface area contributed by atoms with Gasteiger partial charge in [0.25, 0.3) is 0 Å². The fourth-order valence-corrected chi connectivity index (χ4v) is 3.26. The van der Waals surface area contributed by atoms with Crippen LogP contribution in [0.2, 0.25) is 0 Å². The molecule has 0 amide bonds. The summed E-state index contributed by atoms with van der Waals surface area (Å²) in [5.41, 5.74) is 0.0718. The molecule has 1 heterocycles. The van der Waals surface area contributed by atoms with Gasteiger partial charge in [0.2, 0.25) is 0 Å². The van der Waals surface area contributed by atoms with Crippen molar-refractivity contribution in [3.63, 3.8) is 0 Å². The number of carbonyl (C=O) groups is 1. The van der Waals surface area contributed by atoms with Crippen LogP contribution >= 0.6 is 0 Å². The molecule has 2 rings (SSSR count). The molecule has 1 aliphatic heterocycles. The summed E-state index contributed by atoms with van der Waals surface area (Å²) in [6.07, 6.45) is 0.523. The molecule has 20 heavy (non-hydrogen) atoms. The highest BCUT2D eigenvalue weighted by atomic mass is 16.4. The first-order valence-electron chi connectivity index (χ1n) is 7.14. The second-order valence-electron chi connectivity index (χ2n) is 6.11. The summed E-state index contributed by atoms with van der Waals surface area (Å²) in [5, 5.41) is 20.1. The number of carboxylic acid groups (broad SMARTS) is 1. The summed E-state index contributed by atoms with van der Waals surface area (Å²) in [4.78, 5) is 13.6. The van der Waals surface area contributed by atoms with Crippen molar-refractivity contribution in [1.29, 1.82) is 0 Å². The summed E-state index contributed by atoms with van der Waals surface area (Å²) in [5.74, 6) is -1.68. The van der Waals surface area contributed by atoms with Gasteiger partial charge in [0.15, 0.2) is 0 Å². The van der Waals surface area contributed by atoms with Gasteiger partial charge in [-0.1, -0.05) is 44.2 Å². The van der Waals surface area contributed by atoms with E-state index in [9.17, 15) is 15.0 Å². The molecule has 0 radical (unpaired) electrons. The Morgan fingerprint density at radius 1 is 1.35 bits per heavy atom. The summed E-state index contributed by atoms with van der Waals surface area (Å²) in [7, 11) is 0. The van der Waals surface area contributed by atoms with Gasteiger partial charge in [0, 0.05) is 19.6 Å². The van der Waals surface area contributed by atoms with E-state index in [2.05, 4.69) is 17.0 Å². The molecule has 2 atom stereocenters. The zero-order chi connectivity index (χ0) is 14.8. The minimum absolute atomic E-state index is 0.0748. The Labute approximate surface area is 120 Å². The van der Waals surface area contributed by atoms with Crippen molar-refractivity contribution in [2.45, 2.75) is 32.4 Å². The van der Waals surface area contributed by atoms with Gasteiger partial charge < -0.3 is 10.2 Å². The SMILES string of the molecule is CC(C)C(C(=O)O)C1(O)CCN(Cc2ccccc2)C1. The number of aliphatic carboxylic acids is 1. The van der Waals surface area contributed by atoms with Crippen molar-refractivity contribution in [3.05, 3.63) is 35.9 Å². The van der Waals surface area contributed by atoms with Gasteiger partial charge in [-0.15, -0.1) is 0 Å². The first-order chi connectivity index (χ1) is 9.42. The van der Waals surface area contributed by atoms with Gasteiger partial charge in [0.1, 0.15) is 0 Å². The van der Waals surface area contributed by atoms with Crippen molar-refractivity contribution in [3.8, 4) is 0 Å². The maximum Gasteiger partial charge on any atom is 0.309 e. The molecular formula is C16H23NO3. The smallest absolute Gasteiger partial charge is 0.309 e. The molecule has 0 aromatic heterocycles. The fourth-order valence-electron chi connectivity index (χ4n) is 3.26. The lowest BCUT2D eigenvalue weighted by atomic mass is 9.79. The van der Waals surface area contributed by atoms with Gasteiger partial charge >= 0.3 is 5.97 Å². The molecule has 0 spiro atoms. The Morgan fingerprint density at radius 3 is 2.55 bits per heavy atom. The Bertz CT molecular complexity index is 460. The number of carboxylic acids is 1. The molecule has 4 heteroatoms. The first kappa shape index (κ1) is 15.0. The van der Waals surface area contributed by atoms with E-state index in [0.717, 1.165) is 13.1 Å². The number of likely N-dealkylation sites (tertiary alicyclic amines) is 1. The van der Waals surface area contributed by atoms with Gasteiger partial charge in [-0.05, 0) is 17.9 Å². The summed E-state index contributed by atoms with van der Waals surface area (Å²) in [6.45, 7) is 5.64. The molecule has 1 saturated heterocycles. The van der Waals surface area contributed by atoms with E-state index in [4.69, 9.17) is 0 Å². The van der Waals surface area contributed by atoms with E-state index in [0.29, 0.717) is 13.0 Å². The minimum atomic E-state index is -1.12. The maximum absolute atomic E-state index is 11.4. The standard InChI is InChI=1S/C16H23NO3/c1-12(2)14(15(18)19)16(20)8-9-17(11-16)10-13-6-4-3-5-7-13/h3-7,12,14,20H,8-11H2,1-2H3,(H,18,19). The van der Waals surface area contributed by atoms with Crippen molar-refractivity contribution in [2.24, 2.45) is 11.8 Å². The minimum Gasteiger partial charge on any atom is -0.481 e. The fraction of sp³-hybridized carbons (Fsp3) is 0.562. The molecule has 1 aliphatic rings. The number of nitrogens with zero attached hydrogens (tertiary/aromatic N) is 1. The lowest BCUT2D eigenvalue weighted by Crippen LogP contribution is -2.47. The molecule has 1 aromatic rings.